The molecule has 2 fully saturated rings. The number of carbonyl (C=O) groups excluding carboxylic acids is 1. The van der Waals surface area contributed by atoms with Crippen LogP contribution in [0.15, 0.2) is 0 Å². The van der Waals surface area contributed by atoms with E-state index in [1.54, 1.807) is 0 Å². The van der Waals surface area contributed by atoms with Gasteiger partial charge in [0.15, 0.2) is 0 Å². The predicted molar refractivity (Wildman–Crippen MR) is 63.4 cm³/mol. The first-order valence-corrected chi connectivity index (χ1v) is 6.47. The van der Waals surface area contributed by atoms with E-state index in [1.165, 1.54) is 32.1 Å². The summed E-state index contributed by atoms with van der Waals surface area (Å²) in [7, 11) is 0. The molecule has 1 aliphatic carbocycles. The smallest absolute Gasteiger partial charge is 0.250 e. The molecule has 1 saturated heterocycles. The SMILES string of the molecule is CC(C(=O)NN)N1CCC2CCCCC2C1. The molecule has 1 saturated carbocycles. The molecule has 3 unspecified atom stereocenters. The fourth-order valence-electron chi connectivity index (χ4n) is 3.27. The van der Waals surface area contributed by atoms with Crippen LogP contribution in [0.1, 0.15) is 39.0 Å². The number of rotatable bonds is 2. The molecule has 0 bridgehead atoms. The van der Waals surface area contributed by atoms with Crippen LogP contribution >= 0.6 is 0 Å². The maximum absolute atomic E-state index is 11.5. The van der Waals surface area contributed by atoms with E-state index in [1.807, 2.05) is 6.92 Å². The fraction of sp³-hybridized carbons (Fsp3) is 0.917. The van der Waals surface area contributed by atoms with Crippen LogP contribution in [0, 0.1) is 11.8 Å². The number of carbonyl (C=O) groups is 1. The van der Waals surface area contributed by atoms with Crippen LogP contribution in [0.25, 0.3) is 0 Å². The third-order valence-electron chi connectivity index (χ3n) is 4.39. The Kier molecular flexibility index (Phi) is 3.82. The number of hydrazine groups is 1. The summed E-state index contributed by atoms with van der Waals surface area (Å²) < 4.78 is 0. The topological polar surface area (TPSA) is 58.4 Å². The van der Waals surface area contributed by atoms with E-state index in [9.17, 15) is 4.79 Å². The highest BCUT2D eigenvalue weighted by molar-refractivity contribution is 5.80. The van der Waals surface area contributed by atoms with Crippen molar-refractivity contribution in [3.05, 3.63) is 0 Å². The summed E-state index contributed by atoms with van der Waals surface area (Å²) in [5, 5.41) is 0. The van der Waals surface area contributed by atoms with Crippen LogP contribution < -0.4 is 11.3 Å². The average molecular weight is 225 g/mol. The summed E-state index contributed by atoms with van der Waals surface area (Å²) in [6.07, 6.45) is 6.77. The molecule has 1 amide bonds. The molecule has 0 spiro atoms. The predicted octanol–water partition coefficient (Wildman–Crippen LogP) is 0.877. The van der Waals surface area contributed by atoms with Gasteiger partial charge in [-0.3, -0.25) is 15.1 Å². The number of likely N-dealkylation sites (tertiary alicyclic amines) is 1. The Morgan fingerprint density at radius 3 is 2.69 bits per heavy atom. The van der Waals surface area contributed by atoms with Crippen molar-refractivity contribution in [2.45, 2.75) is 45.1 Å². The van der Waals surface area contributed by atoms with Gasteiger partial charge >= 0.3 is 0 Å². The van der Waals surface area contributed by atoms with Gasteiger partial charge in [0.2, 0.25) is 0 Å². The van der Waals surface area contributed by atoms with E-state index in [-0.39, 0.29) is 11.9 Å². The van der Waals surface area contributed by atoms with E-state index < -0.39 is 0 Å². The summed E-state index contributed by atoms with van der Waals surface area (Å²) in [6.45, 7) is 4.08. The minimum atomic E-state index is -0.0760. The van der Waals surface area contributed by atoms with Crippen molar-refractivity contribution in [2.75, 3.05) is 13.1 Å². The molecule has 3 N–H and O–H groups in total. The minimum absolute atomic E-state index is 0.0609. The van der Waals surface area contributed by atoms with Crippen molar-refractivity contribution in [3.8, 4) is 0 Å². The number of hydrogen-bond donors (Lipinski definition) is 2. The van der Waals surface area contributed by atoms with E-state index in [4.69, 9.17) is 5.84 Å². The first-order valence-electron chi connectivity index (χ1n) is 6.47. The molecule has 0 aromatic heterocycles. The zero-order valence-corrected chi connectivity index (χ0v) is 10.1. The van der Waals surface area contributed by atoms with Crippen molar-refractivity contribution in [1.82, 2.24) is 10.3 Å². The van der Waals surface area contributed by atoms with Crippen LogP contribution in [-0.4, -0.2) is 29.9 Å². The van der Waals surface area contributed by atoms with Crippen LogP contribution in [0.3, 0.4) is 0 Å². The van der Waals surface area contributed by atoms with Gasteiger partial charge in [0.05, 0.1) is 6.04 Å². The maximum Gasteiger partial charge on any atom is 0.250 e. The zero-order chi connectivity index (χ0) is 11.5. The molecule has 0 aromatic carbocycles. The third kappa shape index (κ3) is 2.38. The van der Waals surface area contributed by atoms with Crippen LogP contribution in [0.5, 0.6) is 0 Å². The molecule has 16 heavy (non-hydrogen) atoms. The van der Waals surface area contributed by atoms with Gasteiger partial charge in [-0.15, -0.1) is 0 Å². The normalized spacial score (nSPS) is 32.9. The Hall–Kier alpha value is -0.610. The molecule has 4 nitrogen and oxygen atoms in total. The monoisotopic (exact) mass is 225 g/mol. The minimum Gasteiger partial charge on any atom is -0.293 e. The fourth-order valence-corrected chi connectivity index (χ4v) is 3.27. The Bertz CT molecular complexity index is 257. The number of nitrogens with one attached hydrogen (secondary N) is 1. The number of nitrogens with two attached hydrogens (primary N) is 1. The third-order valence-corrected chi connectivity index (χ3v) is 4.39. The van der Waals surface area contributed by atoms with Crippen molar-refractivity contribution in [2.24, 2.45) is 17.7 Å². The highest BCUT2D eigenvalue weighted by Gasteiger charge is 2.34. The summed E-state index contributed by atoms with van der Waals surface area (Å²) in [6, 6.07) is -0.0760. The molecule has 1 aliphatic heterocycles. The molecule has 4 heteroatoms. The second-order valence-electron chi connectivity index (χ2n) is 5.27. The molecule has 92 valence electrons. The quantitative estimate of drug-likeness (QED) is 0.416. The first-order chi connectivity index (χ1) is 7.72. The standard InChI is InChI=1S/C12H23N3O/c1-9(12(16)14-13)15-7-6-10-4-2-3-5-11(10)8-15/h9-11H,2-8,13H2,1H3,(H,14,16). The van der Waals surface area contributed by atoms with Gasteiger partial charge in [-0.1, -0.05) is 19.3 Å². The van der Waals surface area contributed by atoms with Gasteiger partial charge < -0.3 is 0 Å². The summed E-state index contributed by atoms with van der Waals surface area (Å²) in [5.74, 6) is 6.85. The second kappa shape index (κ2) is 5.15. The van der Waals surface area contributed by atoms with Gasteiger partial charge in [-0.05, 0) is 38.1 Å². The lowest BCUT2D eigenvalue weighted by molar-refractivity contribution is -0.127. The highest BCUT2D eigenvalue weighted by Crippen LogP contribution is 2.36. The molecule has 0 aromatic rings. The Labute approximate surface area is 97.5 Å². The highest BCUT2D eigenvalue weighted by atomic mass is 16.2. The number of hydrogen-bond acceptors (Lipinski definition) is 3. The van der Waals surface area contributed by atoms with Crippen LogP contribution in [-0.2, 0) is 4.79 Å². The first kappa shape index (κ1) is 11.9. The molecular weight excluding hydrogens is 202 g/mol. The number of fused-ring (bicyclic) bond motifs is 1. The molecule has 0 radical (unpaired) electrons. The largest absolute Gasteiger partial charge is 0.293 e. The van der Waals surface area contributed by atoms with E-state index in [0.717, 1.165) is 24.9 Å². The van der Waals surface area contributed by atoms with E-state index in [2.05, 4.69) is 10.3 Å². The maximum atomic E-state index is 11.5. The lowest BCUT2D eigenvalue weighted by Gasteiger charge is -2.43. The lowest BCUT2D eigenvalue weighted by Crippen LogP contribution is -2.52. The van der Waals surface area contributed by atoms with Crippen molar-refractivity contribution in [1.29, 1.82) is 0 Å². The summed E-state index contributed by atoms with van der Waals surface area (Å²) in [5.41, 5.74) is 2.25. The van der Waals surface area contributed by atoms with Gasteiger partial charge in [0.25, 0.3) is 5.91 Å². The number of piperidine rings is 1. The van der Waals surface area contributed by atoms with Crippen LogP contribution in [0.2, 0.25) is 0 Å². The Morgan fingerprint density at radius 1 is 1.31 bits per heavy atom. The molecule has 2 rings (SSSR count). The van der Waals surface area contributed by atoms with Crippen LogP contribution in [0.4, 0.5) is 0 Å². The van der Waals surface area contributed by atoms with Gasteiger partial charge in [0.1, 0.15) is 0 Å². The average Bonchev–Trinajstić information content (AvgIpc) is 2.36. The molecule has 1 heterocycles. The van der Waals surface area contributed by atoms with Gasteiger partial charge in [-0.25, -0.2) is 5.84 Å². The second-order valence-corrected chi connectivity index (χ2v) is 5.27. The van der Waals surface area contributed by atoms with Crippen molar-refractivity contribution < 1.29 is 4.79 Å². The summed E-state index contributed by atoms with van der Waals surface area (Å²) >= 11 is 0. The van der Waals surface area contributed by atoms with E-state index in [0.29, 0.717) is 0 Å². The lowest BCUT2D eigenvalue weighted by atomic mass is 9.75. The Morgan fingerprint density at radius 2 is 2.00 bits per heavy atom. The summed E-state index contributed by atoms with van der Waals surface area (Å²) in [4.78, 5) is 13.8. The molecular formula is C12H23N3O. The van der Waals surface area contributed by atoms with E-state index >= 15 is 0 Å². The number of nitrogens with zero attached hydrogens (tertiary/aromatic N) is 1. The van der Waals surface area contributed by atoms with Gasteiger partial charge in [0, 0.05) is 6.54 Å². The number of amides is 1. The van der Waals surface area contributed by atoms with Crippen molar-refractivity contribution >= 4 is 5.91 Å². The zero-order valence-electron chi connectivity index (χ0n) is 10.1. The molecule has 2 aliphatic rings. The van der Waals surface area contributed by atoms with Crippen molar-refractivity contribution in [3.63, 3.8) is 0 Å². The molecule has 3 atom stereocenters. The Balaban J connectivity index is 1.91. The van der Waals surface area contributed by atoms with Gasteiger partial charge in [-0.2, -0.15) is 0 Å².